The van der Waals surface area contributed by atoms with Crippen molar-refractivity contribution in [3.63, 3.8) is 0 Å². The van der Waals surface area contributed by atoms with Gasteiger partial charge in [0.25, 0.3) is 0 Å². The van der Waals surface area contributed by atoms with Crippen molar-refractivity contribution < 1.29 is 24.5 Å². The molecule has 1 heterocycles. The quantitative estimate of drug-likeness (QED) is 0.151. The molecule has 3 aromatic carbocycles. The second-order valence-electron chi connectivity index (χ2n) is 8.63. The number of H-pyrrole nitrogens is 1. The smallest absolute Gasteiger partial charge is 0.505 e. The minimum atomic E-state index is -1.44. The van der Waals surface area contributed by atoms with E-state index in [1.807, 2.05) is 45.9 Å². The summed E-state index contributed by atoms with van der Waals surface area (Å²) in [5, 5.41) is 31.0. The molecule has 0 atom stereocenters. The van der Waals surface area contributed by atoms with Gasteiger partial charge in [0.2, 0.25) is 11.6 Å². The van der Waals surface area contributed by atoms with Gasteiger partial charge >= 0.3 is 11.7 Å². The number of carbonyl (C=O) groups is 1. The highest BCUT2D eigenvalue weighted by molar-refractivity contribution is 5.77. The Balaban J connectivity index is 1.74. The third-order valence-corrected chi connectivity index (χ3v) is 5.56. The zero-order chi connectivity index (χ0) is 26.7. The van der Waals surface area contributed by atoms with Gasteiger partial charge in [-0.1, -0.05) is 30.3 Å². The number of ether oxygens (including phenoxy) is 2. The van der Waals surface area contributed by atoms with Crippen molar-refractivity contribution in [3.05, 3.63) is 82.1 Å². The lowest BCUT2D eigenvalue weighted by molar-refractivity contribution is 0.144. The van der Waals surface area contributed by atoms with E-state index in [1.54, 1.807) is 24.3 Å². The SMILES string of the molecule is Cc1ccc(-n2[nH]c(OC(C)C)c(N=Nc3cccc(-c4cccc(OC(=O)O)c4)c3O)c2=O)cc1C. The van der Waals surface area contributed by atoms with E-state index in [4.69, 9.17) is 14.6 Å². The fraction of sp³-hybridized carbons (Fsp3) is 0.185. The number of aromatic amines is 1. The van der Waals surface area contributed by atoms with E-state index in [2.05, 4.69) is 15.3 Å². The Morgan fingerprint density at radius 1 is 1.00 bits per heavy atom. The monoisotopic (exact) mass is 502 g/mol. The van der Waals surface area contributed by atoms with Gasteiger partial charge in [-0.25, -0.2) is 9.48 Å². The maximum atomic E-state index is 13.3. The second-order valence-corrected chi connectivity index (χ2v) is 8.63. The summed E-state index contributed by atoms with van der Waals surface area (Å²) in [5.41, 5.74) is 3.23. The van der Waals surface area contributed by atoms with E-state index >= 15 is 0 Å². The molecule has 190 valence electrons. The summed E-state index contributed by atoms with van der Waals surface area (Å²) < 4.78 is 11.8. The van der Waals surface area contributed by atoms with Crippen LogP contribution < -0.4 is 15.0 Å². The van der Waals surface area contributed by atoms with Crippen LogP contribution in [0.25, 0.3) is 16.8 Å². The average molecular weight is 503 g/mol. The molecular formula is C27H26N4O6. The Hall–Kier alpha value is -4.86. The molecule has 1 aromatic heterocycles. The molecule has 10 nitrogen and oxygen atoms in total. The Morgan fingerprint density at radius 3 is 2.46 bits per heavy atom. The lowest BCUT2D eigenvalue weighted by Crippen LogP contribution is -2.14. The predicted octanol–water partition coefficient (Wildman–Crippen LogP) is 6.41. The number of phenols is 1. The zero-order valence-corrected chi connectivity index (χ0v) is 20.7. The first-order valence-corrected chi connectivity index (χ1v) is 11.5. The highest BCUT2D eigenvalue weighted by atomic mass is 16.7. The maximum absolute atomic E-state index is 13.3. The first-order chi connectivity index (χ1) is 17.6. The van der Waals surface area contributed by atoms with Crippen LogP contribution in [0.5, 0.6) is 17.4 Å². The standard InChI is InChI=1S/C27H26N4O6/c1-15(2)36-25-23(26(33)31(30-25)19-12-11-16(3)17(4)13-19)29-28-22-10-6-9-21(24(22)32)18-7-5-8-20(14-18)37-27(34)35/h5-15,30,32H,1-4H3,(H,34,35). The number of benzene rings is 3. The molecule has 0 bridgehead atoms. The number of para-hydroxylation sites is 1. The van der Waals surface area contributed by atoms with Gasteiger partial charge in [-0.3, -0.25) is 9.89 Å². The molecule has 0 fully saturated rings. The summed E-state index contributed by atoms with van der Waals surface area (Å²) in [6.07, 6.45) is -1.68. The molecule has 0 amide bonds. The lowest BCUT2D eigenvalue weighted by atomic mass is 10.0. The van der Waals surface area contributed by atoms with Crippen molar-refractivity contribution in [2.45, 2.75) is 33.8 Å². The summed E-state index contributed by atoms with van der Waals surface area (Å²) in [6, 6.07) is 16.7. The molecule has 0 saturated carbocycles. The fourth-order valence-electron chi connectivity index (χ4n) is 3.64. The van der Waals surface area contributed by atoms with Gasteiger partial charge in [-0.2, -0.15) is 0 Å². The molecular weight excluding hydrogens is 476 g/mol. The number of aryl methyl sites for hydroxylation is 2. The van der Waals surface area contributed by atoms with Crippen LogP contribution in [0.3, 0.4) is 0 Å². The topological polar surface area (TPSA) is 138 Å². The minimum absolute atomic E-state index is 0.0476. The molecule has 4 aromatic rings. The van der Waals surface area contributed by atoms with E-state index in [1.165, 1.54) is 22.9 Å². The summed E-state index contributed by atoms with van der Waals surface area (Å²) in [7, 11) is 0. The molecule has 4 rings (SSSR count). The van der Waals surface area contributed by atoms with E-state index in [-0.39, 0.29) is 34.9 Å². The predicted molar refractivity (Wildman–Crippen MR) is 138 cm³/mol. The number of hydrogen-bond acceptors (Lipinski definition) is 7. The summed E-state index contributed by atoms with van der Waals surface area (Å²) in [4.78, 5) is 24.1. The van der Waals surface area contributed by atoms with E-state index in [9.17, 15) is 14.7 Å². The third kappa shape index (κ3) is 5.53. The van der Waals surface area contributed by atoms with Gasteiger partial charge in [0.15, 0.2) is 5.75 Å². The summed E-state index contributed by atoms with van der Waals surface area (Å²) >= 11 is 0. The van der Waals surface area contributed by atoms with Gasteiger partial charge in [-0.05, 0) is 74.7 Å². The van der Waals surface area contributed by atoms with Gasteiger partial charge in [-0.15, -0.1) is 10.2 Å². The number of rotatable bonds is 7. The number of hydrogen-bond donors (Lipinski definition) is 3. The number of aromatic hydroxyl groups is 1. The molecule has 0 saturated heterocycles. The fourth-order valence-corrected chi connectivity index (χ4v) is 3.64. The summed E-state index contributed by atoms with van der Waals surface area (Å²) in [5.74, 6) is 0.0531. The molecule has 0 unspecified atom stereocenters. The van der Waals surface area contributed by atoms with Crippen LogP contribution in [-0.4, -0.2) is 32.3 Å². The molecule has 0 aliphatic carbocycles. The molecule has 3 N–H and O–H groups in total. The number of nitrogens with one attached hydrogen (secondary N) is 1. The zero-order valence-electron chi connectivity index (χ0n) is 20.7. The van der Waals surface area contributed by atoms with Crippen LogP contribution in [0.4, 0.5) is 16.2 Å². The first-order valence-electron chi connectivity index (χ1n) is 11.5. The first kappa shape index (κ1) is 25.2. The number of carboxylic acid groups (broad SMARTS) is 1. The Labute approximate surface area is 212 Å². The number of phenolic OH excluding ortho intramolecular Hbond substituents is 1. The van der Waals surface area contributed by atoms with Gasteiger partial charge in [0.05, 0.1) is 11.8 Å². The third-order valence-electron chi connectivity index (χ3n) is 5.56. The van der Waals surface area contributed by atoms with Crippen LogP contribution in [0.1, 0.15) is 25.0 Å². The lowest BCUT2D eigenvalue weighted by Gasteiger charge is -2.09. The summed E-state index contributed by atoms with van der Waals surface area (Å²) in [6.45, 7) is 7.59. The van der Waals surface area contributed by atoms with Crippen molar-refractivity contribution in [1.82, 2.24) is 9.78 Å². The van der Waals surface area contributed by atoms with Crippen LogP contribution >= 0.6 is 0 Å². The highest BCUT2D eigenvalue weighted by Gasteiger charge is 2.19. The molecule has 0 radical (unpaired) electrons. The van der Waals surface area contributed by atoms with Crippen molar-refractivity contribution in [3.8, 4) is 34.2 Å². The van der Waals surface area contributed by atoms with E-state index < -0.39 is 11.7 Å². The van der Waals surface area contributed by atoms with Crippen molar-refractivity contribution >= 4 is 17.5 Å². The largest absolute Gasteiger partial charge is 0.511 e. The van der Waals surface area contributed by atoms with Crippen LogP contribution in [0.2, 0.25) is 0 Å². The number of nitrogens with zero attached hydrogens (tertiary/aromatic N) is 3. The minimum Gasteiger partial charge on any atom is -0.505 e. The van der Waals surface area contributed by atoms with Crippen molar-refractivity contribution in [1.29, 1.82) is 0 Å². The Morgan fingerprint density at radius 2 is 1.76 bits per heavy atom. The van der Waals surface area contributed by atoms with Crippen molar-refractivity contribution in [2.75, 3.05) is 0 Å². The molecule has 0 aliphatic rings. The van der Waals surface area contributed by atoms with Crippen molar-refractivity contribution in [2.24, 2.45) is 10.2 Å². The Kier molecular flexibility index (Phi) is 7.10. The highest BCUT2D eigenvalue weighted by Crippen LogP contribution is 2.39. The maximum Gasteiger partial charge on any atom is 0.511 e. The number of aromatic nitrogens is 2. The van der Waals surface area contributed by atoms with Gasteiger partial charge in [0, 0.05) is 5.56 Å². The van der Waals surface area contributed by atoms with Gasteiger partial charge in [0.1, 0.15) is 11.4 Å². The molecule has 10 heteroatoms. The molecule has 0 spiro atoms. The second kappa shape index (κ2) is 10.4. The van der Waals surface area contributed by atoms with E-state index in [0.29, 0.717) is 16.8 Å². The molecule has 0 aliphatic heterocycles. The number of azo groups is 1. The van der Waals surface area contributed by atoms with Gasteiger partial charge < -0.3 is 19.7 Å². The normalized spacial score (nSPS) is 11.3. The van der Waals surface area contributed by atoms with Crippen LogP contribution in [0.15, 0.2) is 75.7 Å². The molecule has 37 heavy (non-hydrogen) atoms. The Bertz CT molecular complexity index is 1550. The average Bonchev–Trinajstić information content (AvgIpc) is 3.14. The van der Waals surface area contributed by atoms with Crippen LogP contribution in [0, 0.1) is 13.8 Å². The van der Waals surface area contributed by atoms with Crippen LogP contribution in [-0.2, 0) is 0 Å². The van der Waals surface area contributed by atoms with E-state index in [0.717, 1.165) is 11.1 Å².